The fourth-order valence-electron chi connectivity index (χ4n) is 3.15. The van der Waals surface area contributed by atoms with Crippen molar-refractivity contribution >= 4 is 11.8 Å². The number of carbonyl (C=O) groups excluding carboxylic acids is 2. The largest absolute Gasteiger partial charge is 0.355 e. The molecule has 2 fully saturated rings. The highest BCUT2D eigenvalue weighted by Gasteiger charge is 2.39. The molecule has 2 aliphatic heterocycles. The Hall–Kier alpha value is -1.06. The average molecular weight is 252 g/mol. The van der Waals surface area contributed by atoms with Gasteiger partial charge in [-0.1, -0.05) is 13.8 Å². The minimum atomic E-state index is 0.00668. The van der Waals surface area contributed by atoms with Crippen LogP contribution in [-0.4, -0.2) is 36.3 Å². The van der Waals surface area contributed by atoms with Crippen molar-refractivity contribution in [3.63, 3.8) is 0 Å². The molecule has 2 saturated heterocycles. The lowest BCUT2D eigenvalue weighted by Gasteiger charge is -2.29. The SMILES string of the molecule is CCC1(CC)CCN(C(=O)C2CCC(=O)NC2)C1. The van der Waals surface area contributed by atoms with Crippen molar-refractivity contribution in [2.75, 3.05) is 19.6 Å². The normalized spacial score (nSPS) is 27.1. The lowest BCUT2D eigenvalue weighted by atomic mass is 9.82. The number of carbonyl (C=O) groups is 2. The van der Waals surface area contributed by atoms with Crippen LogP contribution in [-0.2, 0) is 9.59 Å². The van der Waals surface area contributed by atoms with E-state index in [0.717, 1.165) is 32.4 Å². The first-order valence-electron chi connectivity index (χ1n) is 7.16. The Balaban J connectivity index is 1.93. The van der Waals surface area contributed by atoms with Crippen LogP contribution in [0.4, 0.5) is 0 Å². The molecule has 0 saturated carbocycles. The maximum absolute atomic E-state index is 12.4. The van der Waals surface area contributed by atoms with Gasteiger partial charge in [-0.3, -0.25) is 9.59 Å². The minimum absolute atomic E-state index is 0.00668. The van der Waals surface area contributed by atoms with Gasteiger partial charge in [-0.2, -0.15) is 0 Å². The maximum atomic E-state index is 12.4. The summed E-state index contributed by atoms with van der Waals surface area (Å²) in [6.45, 7) is 6.77. The van der Waals surface area contributed by atoms with Crippen LogP contribution in [0.1, 0.15) is 46.0 Å². The van der Waals surface area contributed by atoms with Crippen molar-refractivity contribution in [1.29, 1.82) is 0 Å². The van der Waals surface area contributed by atoms with E-state index in [4.69, 9.17) is 0 Å². The number of amides is 2. The number of hydrogen-bond acceptors (Lipinski definition) is 2. The van der Waals surface area contributed by atoms with Gasteiger partial charge in [0.1, 0.15) is 0 Å². The van der Waals surface area contributed by atoms with Gasteiger partial charge >= 0.3 is 0 Å². The Kier molecular flexibility index (Phi) is 3.93. The highest BCUT2D eigenvalue weighted by Crippen LogP contribution is 2.37. The van der Waals surface area contributed by atoms with Gasteiger partial charge in [0.25, 0.3) is 0 Å². The van der Waals surface area contributed by atoms with Gasteiger partial charge in [0.05, 0.1) is 5.92 Å². The van der Waals surface area contributed by atoms with Crippen LogP contribution in [0, 0.1) is 11.3 Å². The molecule has 0 spiro atoms. The molecule has 0 aromatic heterocycles. The minimum Gasteiger partial charge on any atom is -0.355 e. The Morgan fingerprint density at radius 3 is 2.67 bits per heavy atom. The predicted octanol–water partition coefficient (Wildman–Crippen LogP) is 1.55. The van der Waals surface area contributed by atoms with Crippen molar-refractivity contribution in [2.45, 2.75) is 46.0 Å². The van der Waals surface area contributed by atoms with Gasteiger partial charge in [0.15, 0.2) is 0 Å². The van der Waals surface area contributed by atoms with E-state index in [2.05, 4.69) is 19.2 Å². The fourth-order valence-corrected chi connectivity index (χ4v) is 3.15. The zero-order chi connectivity index (χ0) is 13.2. The summed E-state index contributed by atoms with van der Waals surface area (Å²) in [5, 5.41) is 2.80. The summed E-state index contributed by atoms with van der Waals surface area (Å²) in [6, 6.07) is 0. The second-order valence-electron chi connectivity index (χ2n) is 5.76. The number of likely N-dealkylation sites (tertiary alicyclic amines) is 1. The number of nitrogens with one attached hydrogen (secondary N) is 1. The zero-order valence-electron chi connectivity index (χ0n) is 11.5. The highest BCUT2D eigenvalue weighted by atomic mass is 16.2. The van der Waals surface area contributed by atoms with E-state index in [1.165, 1.54) is 0 Å². The Bertz CT molecular complexity index is 327. The van der Waals surface area contributed by atoms with Crippen molar-refractivity contribution in [3.05, 3.63) is 0 Å². The molecule has 1 N–H and O–H groups in total. The molecule has 4 heteroatoms. The molecule has 18 heavy (non-hydrogen) atoms. The molecule has 2 aliphatic rings. The van der Waals surface area contributed by atoms with Crippen LogP contribution in [0.2, 0.25) is 0 Å². The topological polar surface area (TPSA) is 49.4 Å². The summed E-state index contributed by atoms with van der Waals surface area (Å²) in [4.78, 5) is 25.5. The Morgan fingerprint density at radius 1 is 1.44 bits per heavy atom. The van der Waals surface area contributed by atoms with Crippen LogP contribution < -0.4 is 5.32 Å². The summed E-state index contributed by atoms with van der Waals surface area (Å²) in [5.41, 5.74) is 0.341. The van der Waals surface area contributed by atoms with Crippen LogP contribution >= 0.6 is 0 Å². The lowest BCUT2D eigenvalue weighted by molar-refractivity contribution is -0.136. The molecule has 0 aromatic rings. The molecule has 0 bridgehead atoms. The van der Waals surface area contributed by atoms with Gasteiger partial charge in [0, 0.05) is 26.1 Å². The van der Waals surface area contributed by atoms with E-state index in [0.29, 0.717) is 24.8 Å². The quantitative estimate of drug-likeness (QED) is 0.828. The van der Waals surface area contributed by atoms with Gasteiger partial charge in [0.2, 0.25) is 11.8 Å². The van der Waals surface area contributed by atoms with Gasteiger partial charge < -0.3 is 10.2 Å². The molecule has 2 heterocycles. The van der Waals surface area contributed by atoms with Crippen molar-refractivity contribution < 1.29 is 9.59 Å². The van der Waals surface area contributed by atoms with E-state index >= 15 is 0 Å². The lowest BCUT2D eigenvalue weighted by Crippen LogP contribution is -2.44. The molecule has 102 valence electrons. The second-order valence-corrected chi connectivity index (χ2v) is 5.76. The van der Waals surface area contributed by atoms with E-state index in [9.17, 15) is 9.59 Å². The Labute approximate surface area is 109 Å². The molecular formula is C14H24N2O2. The molecule has 0 aliphatic carbocycles. The molecule has 1 unspecified atom stereocenters. The molecule has 0 aromatic carbocycles. The number of nitrogens with zero attached hydrogens (tertiary/aromatic N) is 1. The van der Waals surface area contributed by atoms with Gasteiger partial charge in [-0.25, -0.2) is 0 Å². The van der Waals surface area contributed by atoms with E-state index in [-0.39, 0.29) is 17.7 Å². The monoisotopic (exact) mass is 252 g/mol. The Morgan fingerprint density at radius 2 is 2.17 bits per heavy atom. The second kappa shape index (κ2) is 5.29. The first-order chi connectivity index (χ1) is 8.60. The van der Waals surface area contributed by atoms with Crippen LogP contribution in [0.5, 0.6) is 0 Å². The van der Waals surface area contributed by atoms with E-state index in [1.807, 2.05) is 4.90 Å². The maximum Gasteiger partial charge on any atom is 0.227 e. The summed E-state index contributed by atoms with van der Waals surface area (Å²) in [6.07, 6.45) is 4.64. The van der Waals surface area contributed by atoms with Gasteiger partial charge in [-0.05, 0) is 31.1 Å². The predicted molar refractivity (Wildman–Crippen MR) is 69.9 cm³/mol. The first kappa shape index (κ1) is 13.4. The van der Waals surface area contributed by atoms with Crippen molar-refractivity contribution in [2.24, 2.45) is 11.3 Å². The zero-order valence-corrected chi connectivity index (χ0v) is 11.5. The molecule has 2 amide bonds. The van der Waals surface area contributed by atoms with Gasteiger partial charge in [-0.15, -0.1) is 0 Å². The van der Waals surface area contributed by atoms with Crippen molar-refractivity contribution in [3.8, 4) is 0 Å². The summed E-state index contributed by atoms with van der Waals surface area (Å²) >= 11 is 0. The molecule has 4 nitrogen and oxygen atoms in total. The fraction of sp³-hybridized carbons (Fsp3) is 0.857. The molecule has 2 rings (SSSR count). The number of piperidine rings is 1. The summed E-state index contributed by atoms with van der Waals surface area (Å²) in [5.74, 6) is 0.336. The molecule has 1 atom stereocenters. The third kappa shape index (κ3) is 2.52. The first-order valence-corrected chi connectivity index (χ1v) is 7.16. The third-order valence-electron chi connectivity index (χ3n) is 4.86. The molecule has 0 radical (unpaired) electrons. The number of rotatable bonds is 3. The van der Waals surface area contributed by atoms with E-state index in [1.54, 1.807) is 0 Å². The average Bonchev–Trinajstić information content (AvgIpc) is 2.84. The summed E-state index contributed by atoms with van der Waals surface area (Å²) < 4.78 is 0. The van der Waals surface area contributed by atoms with Crippen molar-refractivity contribution in [1.82, 2.24) is 10.2 Å². The van der Waals surface area contributed by atoms with Crippen LogP contribution in [0.25, 0.3) is 0 Å². The summed E-state index contributed by atoms with van der Waals surface area (Å²) in [7, 11) is 0. The standard InChI is InChI=1S/C14H24N2O2/c1-3-14(4-2)7-8-16(10-14)13(18)11-5-6-12(17)15-9-11/h11H,3-10H2,1-2H3,(H,15,17). The molecular weight excluding hydrogens is 228 g/mol. The number of hydrogen-bond donors (Lipinski definition) is 1. The van der Waals surface area contributed by atoms with Crippen LogP contribution in [0.3, 0.4) is 0 Å². The third-order valence-corrected chi connectivity index (χ3v) is 4.86. The highest BCUT2D eigenvalue weighted by molar-refractivity contribution is 5.84. The smallest absolute Gasteiger partial charge is 0.227 e. The van der Waals surface area contributed by atoms with E-state index < -0.39 is 0 Å². The van der Waals surface area contributed by atoms with Crippen LogP contribution in [0.15, 0.2) is 0 Å².